The van der Waals surface area contributed by atoms with Gasteiger partial charge in [-0.2, -0.15) is 5.26 Å². The summed E-state index contributed by atoms with van der Waals surface area (Å²) >= 11 is 0.964. The maximum absolute atomic E-state index is 10.3. The molecule has 0 saturated heterocycles. The van der Waals surface area contributed by atoms with Crippen molar-refractivity contribution < 1.29 is 4.92 Å². The van der Waals surface area contributed by atoms with Crippen molar-refractivity contribution in [2.24, 2.45) is 0 Å². The summed E-state index contributed by atoms with van der Waals surface area (Å²) in [5.74, 6) is 0. The second-order valence-electron chi connectivity index (χ2n) is 2.67. The largest absolute Gasteiger partial charge is 0.358 e. The lowest BCUT2D eigenvalue weighted by Crippen LogP contribution is -2.13. The molecule has 0 fully saturated rings. The first-order valence-electron chi connectivity index (χ1n) is 3.87. The Kier molecular flexibility index (Phi) is 3.36. The lowest BCUT2D eigenvalue weighted by Gasteiger charge is -2.06. The molecular formula is C7H8N4O2S. The first kappa shape index (κ1) is 10.4. The molecule has 1 N–H and O–H groups in total. The third-order valence-electron chi connectivity index (χ3n) is 1.44. The van der Waals surface area contributed by atoms with Crippen LogP contribution in [0.1, 0.15) is 13.3 Å². The van der Waals surface area contributed by atoms with E-state index < -0.39 is 4.92 Å². The molecule has 0 saturated carbocycles. The number of nitro groups is 1. The zero-order chi connectivity index (χ0) is 10.6. The zero-order valence-corrected chi connectivity index (χ0v) is 8.24. The third-order valence-corrected chi connectivity index (χ3v) is 2.32. The van der Waals surface area contributed by atoms with E-state index >= 15 is 0 Å². The van der Waals surface area contributed by atoms with Crippen LogP contribution < -0.4 is 5.32 Å². The van der Waals surface area contributed by atoms with Crippen LogP contribution in [0.2, 0.25) is 0 Å². The number of nitriles is 1. The van der Waals surface area contributed by atoms with Gasteiger partial charge in [-0.15, -0.1) is 0 Å². The second kappa shape index (κ2) is 4.53. The van der Waals surface area contributed by atoms with E-state index in [1.165, 1.54) is 6.20 Å². The summed E-state index contributed by atoms with van der Waals surface area (Å²) in [5, 5.41) is 22.1. The lowest BCUT2D eigenvalue weighted by molar-refractivity contribution is -0.380. The maximum Gasteiger partial charge on any atom is 0.345 e. The minimum atomic E-state index is -0.488. The number of hydrogen-bond donors (Lipinski definition) is 1. The minimum absolute atomic E-state index is 0.00309. The van der Waals surface area contributed by atoms with Crippen LogP contribution in [0.4, 0.5) is 10.1 Å². The van der Waals surface area contributed by atoms with E-state index in [1.807, 2.05) is 13.0 Å². The molecule has 0 bridgehead atoms. The Morgan fingerprint density at radius 2 is 2.64 bits per heavy atom. The first-order valence-corrected chi connectivity index (χ1v) is 4.69. The molecule has 0 aromatic carbocycles. The van der Waals surface area contributed by atoms with E-state index in [0.29, 0.717) is 11.6 Å². The molecule has 1 atom stereocenters. The summed E-state index contributed by atoms with van der Waals surface area (Å²) in [6.07, 6.45) is 1.54. The average molecular weight is 212 g/mol. The minimum Gasteiger partial charge on any atom is -0.358 e. The predicted molar refractivity (Wildman–Crippen MR) is 52.1 cm³/mol. The summed E-state index contributed by atoms with van der Waals surface area (Å²) in [6, 6.07) is 1.95. The smallest absolute Gasteiger partial charge is 0.345 e. The molecule has 6 nitrogen and oxygen atoms in total. The van der Waals surface area contributed by atoms with E-state index in [0.717, 1.165) is 11.3 Å². The molecule has 0 aliphatic heterocycles. The Balaban J connectivity index is 2.60. The van der Waals surface area contributed by atoms with Crippen molar-refractivity contribution in [1.82, 2.24) is 4.98 Å². The number of aromatic nitrogens is 1. The molecule has 0 radical (unpaired) electrons. The van der Waals surface area contributed by atoms with Crippen LogP contribution in [0.5, 0.6) is 0 Å². The van der Waals surface area contributed by atoms with Gasteiger partial charge in [0.2, 0.25) is 0 Å². The van der Waals surface area contributed by atoms with Crippen LogP contribution in [-0.2, 0) is 0 Å². The van der Waals surface area contributed by atoms with Gasteiger partial charge in [0.1, 0.15) is 6.20 Å². The van der Waals surface area contributed by atoms with Gasteiger partial charge >= 0.3 is 5.00 Å². The predicted octanol–water partition coefficient (Wildman–Crippen LogP) is 1.77. The van der Waals surface area contributed by atoms with E-state index in [1.54, 1.807) is 0 Å². The average Bonchev–Trinajstić information content (AvgIpc) is 2.53. The van der Waals surface area contributed by atoms with Crippen molar-refractivity contribution in [3.05, 3.63) is 16.3 Å². The highest BCUT2D eigenvalue weighted by Crippen LogP contribution is 2.25. The molecule has 1 rings (SSSR count). The van der Waals surface area contributed by atoms with Gasteiger partial charge in [0.25, 0.3) is 0 Å². The molecule has 0 spiro atoms. The van der Waals surface area contributed by atoms with Crippen molar-refractivity contribution in [3.63, 3.8) is 0 Å². The molecule has 1 unspecified atom stereocenters. The van der Waals surface area contributed by atoms with Gasteiger partial charge in [0.05, 0.1) is 17.4 Å². The summed E-state index contributed by atoms with van der Waals surface area (Å²) in [7, 11) is 0. The monoisotopic (exact) mass is 212 g/mol. The number of rotatable bonds is 4. The number of anilines is 1. The van der Waals surface area contributed by atoms with Crippen LogP contribution in [0.15, 0.2) is 6.20 Å². The normalized spacial score (nSPS) is 11.7. The molecule has 7 heteroatoms. The molecule has 14 heavy (non-hydrogen) atoms. The molecule has 74 valence electrons. The van der Waals surface area contributed by atoms with Crippen LogP contribution in [0.3, 0.4) is 0 Å². The third kappa shape index (κ3) is 2.67. The molecular weight excluding hydrogens is 204 g/mol. The maximum atomic E-state index is 10.3. The lowest BCUT2D eigenvalue weighted by atomic mass is 10.3. The van der Waals surface area contributed by atoms with Gasteiger partial charge in [-0.3, -0.25) is 10.1 Å². The van der Waals surface area contributed by atoms with Crippen molar-refractivity contribution >= 4 is 21.5 Å². The van der Waals surface area contributed by atoms with Crippen LogP contribution in [0, 0.1) is 21.4 Å². The Hall–Kier alpha value is -1.68. The highest BCUT2D eigenvalue weighted by atomic mass is 32.1. The molecule has 1 aromatic heterocycles. The topological polar surface area (TPSA) is 91.8 Å². The fourth-order valence-corrected chi connectivity index (χ4v) is 1.56. The van der Waals surface area contributed by atoms with E-state index in [4.69, 9.17) is 5.26 Å². The Labute approximate surface area is 84.3 Å². The van der Waals surface area contributed by atoms with Crippen molar-refractivity contribution in [1.29, 1.82) is 5.26 Å². The van der Waals surface area contributed by atoms with Gasteiger partial charge in [0.15, 0.2) is 5.13 Å². The zero-order valence-electron chi connectivity index (χ0n) is 7.43. The van der Waals surface area contributed by atoms with Crippen LogP contribution in [-0.4, -0.2) is 15.9 Å². The molecule has 1 heterocycles. The van der Waals surface area contributed by atoms with Crippen LogP contribution in [0.25, 0.3) is 0 Å². The van der Waals surface area contributed by atoms with Gasteiger partial charge in [0, 0.05) is 6.04 Å². The summed E-state index contributed by atoms with van der Waals surface area (Å²) in [4.78, 5) is 13.6. The SMILES string of the molecule is CC(CC#N)Nc1ncc([N+](=O)[O-])s1. The van der Waals surface area contributed by atoms with Crippen molar-refractivity contribution in [2.45, 2.75) is 19.4 Å². The number of thiazole rings is 1. The highest BCUT2D eigenvalue weighted by Gasteiger charge is 2.12. The number of hydrogen-bond acceptors (Lipinski definition) is 6. The standard InChI is InChI=1S/C7H8N4O2S/c1-5(2-3-8)10-7-9-4-6(14-7)11(12)13/h4-5H,2H2,1H3,(H,9,10). The van der Waals surface area contributed by atoms with Crippen molar-refractivity contribution in [3.8, 4) is 6.07 Å². The Morgan fingerprint density at radius 1 is 1.93 bits per heavy atom. The summed E-state index contributed by atoms with van der Waals surface area (Å²) in [5.41, 5.74) is 0. The quantitative estimate of drug-likeness (QED) is 0.606. The Morgan fingerprint density at radius 3 is 3.14 bits per heavy atom. The molecule has 0 aliphatic rings. The van der Waals surface area contributed by atoms with Crippen LogP contribution >= 0.6 is 11.3 Å². The number of nitrogens with one attached hydrogen (secondary N) is 1. The molecule has 1 aromatic rings. The van der Waals surface area contributed by atoms with E-state index in [-0.39, 0.29) is 11.0 Å². The first-order chi connectivity index (χ1) is 6.63. The van der Waals surface area contributed by atoms with E-state index in [2.05, 4.69) is 10.3 Å². The molecule has 0 aliphatic carbocycles. The van der Waals surface area contributed by atoms with Crippen molar-refractivity contribution in [2.75, 3.05) is 5.32 Å². The summed E-state index contributed by atoms with van der Waals surface area (Å²) < 4.78 is 0. The fraction of sp³-hybridized carbons (Fsp3) is 0.429. The van der Waals surface area contributed by atoms with Gasteiger partial charge in [-0.05, 0) is 18.3 Å². The highest BCUT2D eigenvalue weighted by molar-refractivity contribution is 7.18. The Bertz CT molecular complexity index is 370. The van der Waals surface area contributed by atoms with Gasteiger partial charge in [-0.25, -0.2) is 4.98 Å². The fourth-order valence-electron chi connectivity index (χ4n) is 0.815. The van der Waals surface area contributed by atoms with Gasteiger partial charge < -0.3 is 5.32 Å². The van der Waals surface area contributed by atoms with E-state index in [9.17, 15) is 10.1 Å². The van der Waals surface area contributed by atoms with Gasteiger partial charge in [-0.1, -0.05) is 0 Å². The summed E-state index contributed by atoms with van der Waals surface area (Å²) in [6.45, 7) is 1.82. The second-order valence-corrected chi connectivity index (χ2v) is 3.68. The number of nitrogens with zero attached hydrogens (tertiary/aromatic N) is 3. The molecule has 0 amide bonds.